The Labute approximate surface area is 127 Å². The molecule has 0 aliphatic rings. The molecule has 0 spiro atoms. The standard InChI is InChI=1S/C14H17N3O3S/c1-9-13(21-17-16-9)14(18)15-8-12(20-3)10-6-4-5-7-11(10)19-2/h4-7,12H,8H2,1-3H3,(H,15,18). The summed E-state index contributed by atoms with van der Waals surface area (Å²) in [5, 5.41) is 6.66. The van der Waals surface area contributed by atoms with Crippen LogP contribution in [-0.4, -0.2) is 36.3 Å². The predicted molar refractivity (Wildman–Crippen MR) is 79.7 cm³/mol. The van der Waals surface area contributed by atoms with Crippen LogP contribution < -0.4 is 10.1 Å². The molecule has 112 valence electrons. The SMILES string of the molecule is COc1ccccc1C(CNC(=O)c1snnc1C)OC. The van der Waals surface area contributed by atoms with Crippen LogP contribution in [0.2, 0.25) is 0 Å². The van der Waals surface area contributed by atoms with Gasteiger partial charge in [0, 0.05) is 19.2 Å². The van der Waals surface area contributed by atoms with Gasteiger partial charge in [0.2, 0.25) is 0 Å². The van der Waals surface area contributed by atoms with E-state index in [1.165, 1.54) is 0 Å². The second-order valence-electron chi connectivity index (χ2n) is 4.36. The lowest BCUT2D eigenvalue weighted by atomic mass is 10.1. The van der Waals surface area contributed by atoms with Crippen LogP contribution in [0.5, 0.6) is 5.75 Å². The van der Waals surface area contributed by atoms with E-state index in [9.17, 15) is 4.79 Å². The number of rotatable bonds is 6. The summed E-state index contributed by atoms with van der Waals surface area (Å²) in [7, 11) is 3.21. The third kappa shape index (κ3) is 3.56. The maximum Gasteiger partial charge on any atom is 0.265 e. The summed E-state index contributed by atoms with van der Waals surface area (Å²) in [6.07, 6.45) is -0.286. The fraction of sp³-hybridized carbons (Fsp3) is 0.357. The monoisotopic (exact) mass is 307 g/mol. The third-order valence-electron chi connectivity index (χ3n) is 3.08. The zero-order valence-electron chi connectivity index (χ0n) is 12.1. The lowest BCUT2D eigenvalue weighted by Gasteiger charge is -2.18. The Kier molecular flexibility index (Phi) is 5.24. The van der Waals surface area contributed by atoms with Gasteiger partial charge in [-0.2, -0.15) is 0 Å². The van der Waals surface area contributed by atoms with Crippen LogP contribution in [0.4, 0.5) is 0 Å². The van der Waals surface area contributed by atoms with E-state index >= 15 is 0 Å². The van der Waals surface area contributed by atoms with Crippen LogP contribution in [-0.2, 0) is 4.74 Å². The molecule has 0 saturated carbocycles. The minimum absolute atomic E-state index is 0.195. The first-order valence-electron chi connectivity index (χ1n) is 6.40. The van der Waals surface area contributed by atoms with E-state index in [0.29, 0.717) is 17.1 Å². The van der Waals surface area contributed by atoms with Crippen LogP contribution in [0.3, 0.4) is 0 Å². The average Bonchev–Trinajstić information content (AvgIpc) is 2.94. The molecule has 2 rings (SSSR count). The first kappa shape index (κ1) is 15.4. The number of ether oxygens (including phenoxy) is 2. The molecule has 0 fully saturated rings. The smallest absolute Gasteiger partial charge is 0.265 e. The molecule has 0 aliphatic heterocycles. The van der Waals surface area contributed by atoms with Gasteiger partial charge in [0.1, 0.15) is 16.7 Å². The number of hydrogen-bond donors (Lipinski definition) is 1. The van der Waals surface area contributed by atoms with Gasteiger partial charge in [0.15, 0.2) is 0 Å². The number of aromatic nitrogens is 2. The van der Waals surface area contributed by atoms with E-state index in [-0.39, 0.29) is 12.0 Å². The van der Waals surface area contributed by atoms with E-state index in [0.717, 1.165) is 22.8 Å². The largest absolute Gasteiger partial charge is 0.496 e. The Balaban J connectivity index is 2.06. The van der Waals surface area contributed by atoms with E-state index in [1.807, 2.05) is 24.3 Å². The summed E-state index contributed by atoms with van der Waals surface area (Å²) in [5.74, 6) is 0.536. The molecular formula is C14H17N3O3S. The number of hydrogen-bond acceptors (Lipinski definition) is 6. The van der Waals surface area contributed by atoms with Crippen LogP contribution in [0.25, 0.3) is 0 Å². The van der Waals surface area contributed by atoms with Gasteiger partial charge in [0.05, 0.1) is 12.8 Å². The molecule has 6 nitrogen and oxygen atoms in total. The van der Waals surface area contributed by atoms with Gasteiger partial charge >= 0.3 is 0 Å². The van der Waals surface area contributed by atoms with Gasteiger partial charge in [-0.1, -0.05) is 22.7 Å². The van der Waals surface area contributed by atoms with Crippen molar-refractivity contribution in [3.05, 3.63) is 40.4 Å². The van der Waals surface area contributed by atoms with Crippen molar-refractivity contribution in [1.29, 1.82) is 0 Å². The highest BCUT2D eigenvalue weighted by Gasteiger charge is 2.18. The fourth-order valence-electron chi connectivity index (χ4n) is 1.96. The Bertz CT molecular complexity index is 615. The normalized spacial score (nSPS) is 12.0. The zero-order valence-corrected chi connectivity index (χ0v) is 12.9. The molecule has 2 aromatic rings. The number of carbonyl (C=O) groups is 1. The van der Waals surface area contributed by atoms with Gasteiger partial charge in [0.25, 0.3) is 5.91 Å². The van der Waals surface area contributed by atoms with Crippen LogP contribution in [0.1, 0.15) is 27.0 Å². The first-order valence-corrected chi connectivity index (χ1v) is 7.17. The van der Waals surface area contributed by atoms with Gasteiger partial charge in [-0.3, -0.25) is 4.79 Å². The summed E-state index contributed by atoms with van der Waals surface area (Å²) in [6, 6.07) is 7.57. The quantitative estimate of drug-likeness (QED) is 0.883. The Morgan fingerprint density at radius 2 is 2.14 bits per heavy atom. The predicted octanol–water partition coefficient (Wildman–Crippen LogP) is 1.97. The van der Waals surface area contributed by atoms with Crippen LogP contribution in [0, 0.1) is 6.92 Å². The molecule has 0 radical (unpaired) electrons. The van der Waals surface area contributed by atoms with Crippen molar-refractivity contribution in [3.8, 4) is 5.75 Å². The number of amides is 1. The maximum atomic E-state index is 12.1. The third-order valence-corrected chi connectivity index (χ3v) is 3.90. The molecule has 21 heavy (non-hydrogen) atoms. The number of carbonyl (C=O) groups excluding carboxylic acids is 1. The van der Waals surface area contributed by atoms with Gasteiger partial charge in [-0.05, 0) is 24.5 Å². The fourth-order valence-corrected chi connectivity index (χ4v) is 2.53. The minimum Gasteiger partial charge on any atom is -0.496 e. The molecular weight excluding hydrogens is 290 g/mol. The molecule has 1 N–H and O–H groups in total. The molecule has 1 amide bonds. The molecule has 7 heteroatoms. The molecule has 0 bridgehead atoms. The van der Waals surface area contributed by atoms with E-state index < -0.39 is 0 Å². The summed E-state index contributed by atoms with van der Waals surface area (Å²) in [5.41, 5.74) is 1.52. The molecule has 1 heterocycles. The van der Waals surface area contributed by atoms with Crippen molar-refractivity contribution in [1.82, 2.24) is 14.9 Å². The van der Waals surface area contributed by atoms with Crippen molar-refractivity contribution < 1.29 is 14.3 Å². The molecule has 1 aromatic carbocycles. The van der Waals surface area contributed by atoms with E-state index in [2.05, 4.69) is 14.9 Å². The summed E-state index contributed by atoms with van der Waals surface area (Å²) < 4.78 is 14.5. The van der Waals surface area contributed by atoms with E-state index in [1.54, 1.807) is 21.1 Å². The number of nitrogens with zero attached hydrogens (tertiary/aromatic N) is 2. The number of methoxy groups -OCH3 is 2. The van der Waals surface area contributed by atoms with Crippen molar-refractivity contribution in [3.63, 3.8) is 0 Å². The summed E-state index contributed by atoms with van der Waals surface area (Å²) in [6.45, 7) is 2.10. The van der Waals surface area contributed by atoms with Crippen molar-refractivity contribution in [2.45, 2.75) is 13.0 Å². The second-order valence-corrected chi connectivity index (χ2v) is 5.12. The number of para-hydroxylation sites is 1. The molecule has 0 aliphatic carbocycles. The molecule has 1 unspecified atom stereocenters. The average molecular weight is 307 g/mol. The number of nitrogens with one attached hydrogen (secondary N) is 1. The van der Waals surface area contributed by atoms with Crippen molar-refractivity contribution >= 4 is 17.4 Å². The van der Waals surface area contributed by atoms with Gasteiger partial charge in [-0.15, -0.1) is 5.10 Å². The van der Waals surface area contributed by atoms with Gasteiger partial charge < -0.3 is 14.8 Å². The molecule has 1 aromatic heterocycles. The molecule has 0 saturated heterocycles. The topological polar surface area (TPSA) is 73.3 Å². The highest BCUT2D eigenvalue weighted by atomic mass is 32.1. The summed E-state index contributed by atoms with van der Waals surface area (Å²) in [4.78, 5) is 12.6. The highest BCUT2D eigenvalue weighted by Crippen LogP contribution is 2.26. The maximum absolute atomic E-state index is 12.1. The Morgan fingerprint density at radius 3 is 2.76 bits per heavy atom. The Hall–Kier alpha value is -1.99. The van der Waals surface area contributed by atoms with Crippen LogP contribution >= 0.6 is 11.5 Å². The lowest BCUT2D eigenvalue weighted by Crippen LogP contribution is -2.29. The van der Waals surface area contributed by atoms with Gasteiger partial charge in [-0.25, -0.2) is 0 Å². The van der Waals surface area contributed by atoms with Crippen LogP contribution in [0.15, 0.2) is 24.3 Å². The van der Waals surface area contributed by atoms with Crippen molar-refractivity contribution in [2.75, 3.05) is 20.8 Å². The van der Waals surface area contributed by atoms with E-state index in [4.69, 9.17) is 9.47 Å². The molecule has 1 atom stereocenters. The van der Waals surface area contributed by atoms with Crippen molar-refractivity contribution in [2.24, 2.45) is 0 Å². The number of benzene rings is 1. The zero-order chi connectivity index (χ0) is 15.2. The highest BCUT2D eigenvalue weighted by molar-refractivity contribution is 7.07. The Morgan fingerprint density at radius 1 is 1.38 bits per heavy atom. The minimum atomic E-state index is -0.286. The first-order chi connectivity index (χ1) is 10.2. The summed E-state index contributed by atoms with van der Waals surface area (Å²) >= 11 is 1.08. The lowest BCUT2D eigenvalue weighted by molar-refractivity contribution is 0.0821. The second kappa shape index (κ2) is 7.14. The number of aryl methyl sites for hydroxylation is 1.